The lowest BCUT2D eigenvalue weighted by atomic mass is 10.0. The molecule has 51 heavy (non-hydrogen) atoms. The third-order valence-corrected chi connectivity index (χ3v) is 8.81. The Kier molecular flexibility index (Phi) is 16.9. The zero-order chi connectivity index (χ0) is 38.0. The number of nitrogens with zero attached hydrogens (tertiary/aromatic N) is 4. The van der Waals surface area contributed by atoms with Gasteiger partial charge in [-0.05, 0) is 74.5 Å². The molecule has 1 saturated heterocycles. The van der Waals surface area contributed by atoms with Gasteiger partial charge in [0.2, 0.25) is 0 Å². The van der Waals surface area contributed by atoms with Crippen LogP contribution in [0.5, 0.6) is 0 Å². The van der Waals surface area contributed by atoms with Gasteiger partial charge < -0.3 is 14.6 Å². The Labute approximate surface area is 316 Å². The van der Waals surface area contributed by atoms with Crippen molar-refractivity contribution in [3.8, 4) is 0 Å². The van der Waals surface area contributed by atoms with Crippen molar-refractivity contribution in [2.75, 3.05) is 18.1 Å². The van der Waals surface area contributed by atoms with Gasteiger partial charge in [0.05, 0.1) is 27.0 Å². The Morgan fingerprint density at radius 3 is 1.84 bits per heavy atom. The molecular formula is C35H37F4IN4O5S2. The van der Waals surface area contributed by atoms with E-state index in [2.05, 4.69) is 15.0 Å². The molecule has 9 nitrogen and oxygen atoms in total. The first-order valence-electron chi connectivity index (χ1n) is 16.2. The number of carbonyl (C=O) groups is 2. The molecule has 5 aromatic rings. The molecule has 0 saturated carbocycles. The van der Waals surface area contributed by atoms with Crippen molar-refractivity contribution in [2.24, 2.45) is 0 Å². The number of aryl methyl sites for hydroxylation is 6. The number of carboxylic acids is 1. The lowest BCUT2D eigenvalue weighted by Crippen LogP contribution is -2.12. The molecule has 1 fully saturated rings. The Hall–Kier alpha value is -3.74. The number of benzene rings is 2. The zero-order valence-corrected chi connectivity index (χ0v) is 31.6. The molecule has 4 heterocycles. The number of aromatic carboxylic acids is 1. The Bertz CT molecular complexity index is 1870. The van der Waals surface area contributed by atoms with Gasteiger partial charge in [0, 0.05) is 43.3 Å². The molecule has 3 aromatic heterocycles. The topological polar surface area (TPSA) is 116 Å². The van der Waals surface area contributed by atoms with Crippen molar-refractivity contribution in [1.29, 1.82) is 0 Å². The highest BCUT2D eigenvalue weighted by molar-refractivity contribution is 14.1. The molecule has 0 amide bonds. The van der Waals surface area contributed by atoms with E-state index in [0.717, 1.165) is 45.3 Å². The molecule has 0 aliphatic carbocycles. The van der Waals surface area contributed by atoms with E-state index in [0.29, 0.717) is 24.2 Å². The van der Waals surface area contributed by atoms with Crippen LogP contribution in [-0.2, 0) is 41.8 Å². The van der Waals surface area contributed by atoms with Crippen LogP contribution in [0.1, 0.15) is 62.7 Å². The summed E-state index contributed by atoms with van der Waals surface area (Å²) in [5.74, 6) is -5.78. The normalized spacial score (nSPS) is 12.0. The number of carboxylic acid groups (broad SMARTS) is 1. The molecule has 2 aromatic carbocycles. The van der Waals surface area contributed by atoms with Crippen LogP contribution in [0.4, 0.5) is 22.4 Å². The summed E-state index contributed by atoms with van der Waals surface area (Å²) in [6, 6.07) is 5.34. The third-order valence-electron chi connectivity index (χ3n) is 7.16. The fourth-order valence-electron chi connectivity index (χ4n) is 4.54. The van der Waals surface area contributed by atoms with Crippen LogP contribution in [-0.4, -0.2) is 54.8 Å². The Balaban J connectivity index is 0.000000237. The molecule has 6 rings (SSSR count). The summed E-state index contributed by atoms with van der Waals surface area (Å²) in [5.41, 5.74) is 1.45. The Morgan fingerprint density at radius 1 is 0.882 bits per heavy atom. The Morgan fingerprint density at radius 2 is 1.39 bits per heavy atom. The van der Waals surface area contributed by atoms with Crippen molar-refractivity contribution in [3.05, 3.63) is 121 Å². The minimum Gasteiger partial charge on any atom is -0.478 e. The molecule has 0 radical (unpaired) electrons. The van der Waals surface area contributed by atoms with Crippen LogP contribution in [0.15, 0.2) is 53.7 Å². The summed E-state index contributed by atoms with van der Waals surface area (Å²) in [7, 11) is 0. The second-order valence-corrected chi connectivity index (χ2v) is 12.9. The van der Waals surface area contributed by atoms with Crippen LogP contribution in [0, 0.1) is 37.1 Å². The SMILES string of the molecule is C1CCOC1.Cc1nc(CCc2ccc(C(=O)O)c(F)c2F)cs1.Cc1nc(CCc2ccc(COC(=O)n3ccnc3)c(F)c2F)cs1.[2H]CI. The van der Waals surface area contributed by atoms with Gasteiger partial charge in [0.1, 0.15) is 12.9 Å². The highest BCUT2D eigenvalue weighted by Crippen LogP contribution is 2.21. The number of hydrogen-bond donors (Lipinski definition) is 1. The van der Waals surface area contributed by atoms with Crippen LogP contribution in [0.25, 0.3) is 0 Å². The maximum atomic E-state index is 14.2. The number of hydrogen-bond acceptors (Lipinski definition) is 9. The van der Waals surface area contributed by atoms with Gasteiger partial charge in [-0.3, -0.25) is 0 Å². The highest BCUT2D eigenvalue weighted by atomic mass is 127. The van der Waals surface area contributed by atoms with Crippen LogP contribution in [0.2, 0.25) is 0 Å². The number of aromatic nitrogens is 4. The third kappa shape index (κ3) is 13.1. The van der Waals surface area contributed by atoms with Gasteiger partial charge in [-0.1, -0.05) is 40.8 Å². The van der Waals surface area contributed by atoms with E-state index in [1.54, 1.807) is 0 Å². The van der Waals surface area contributed by atoms with Crippen LogP contribution >= 0.6 is 45.3 Å². The van der Waals surface area contributed by atoms with Crippen LogP contribution < -0.4 is 0 Å². The summed E-state index contributed by atoms with van der Waals surface area (Å²) in [6.45, 7) is 5.41. The quantitative estimate of drug-likeness (QED) is 0.0888. The summed E-state index contributed by atoms with van der Waals surface area (Å²) >= 11 is 4.98. The van der Waals surface area contributed by atoms with E-state index in [9.17, 15) is 27.2 Å². The first-order chi connectivity index (χ1) is 24.9. The van der Waals surface area contributed by atoms with E-state index < -0.39 is 40.9 Å². The minimum absolute atomic E-state index is 0.0146. The molecule has 0 unspecified atom stereocenters. The number of ether oxygens (including phenoxy) is 2. The summed E-state index contributed by atoms with van der Waals surface area (Å²) in [6.07, 6.45) is 7.60. The lowest BCUT2D eigenvalue weighted by Gasteiger charge is -2.09. The van der Waals surface area contributed by atoms with Gasteiger partial charge >= 0.3 is 12.1 Å². The molecule has 274 valence electrons. The number of halogens is 5. The van der Waals surface area contributed by atoms with Crippen molar-refractivity contribution in [3.63, 3.8) is 0 Å². The molecule has 1 N–H and O–H groups in total. The van der Waals surface area contributed by atoms with E-state index in [1.807, 2.05) is 47.2 Å². The number of imidazole rings is 1. The second kappa shape index (κ2) is 21.6. The van der Waals surface area contributed by atoms with E-state index >= 15 is 0 Å². The first-order valence-corrected chi connectivity index (χ1v) is 18.8. The van der Waals surface area contributed by atoms with E-state index in [-0.39, 0.29) is 29.7 Å². The van der Waals surface area contributed by atoms with E-state index in [1.165, 1.54) is 72.4 Å². The lowest BCUT2D eigenvalue weighted by molar-refractivity contribution is 0.0690. The second-order valence-electron chi connectivity index (χ2n) is 10.8. The van der Waals surface area contributed by atoms with Crippen LogP contribution in [0.3, 0.4) is 0 Å². The van der Waals surface area contributed by atoms with Gasteiger partial charge in [0.15, 0.2) is 23.3 Å². The van der Waals surface area contributed by atoms with Gasteiger partial charge in [-0.2, -0.15) is 0 Å². The molecule has 1 aliphatic heterocycles. The summed E-state index contributed by atoms with van der Waals surface area (Å²) in [5, 5.41) is 14.3. The summed E-state index contributed by atoms with van der Waals surface area (Å²) in [4.78, 5) is 35.1. The predicted octanol–water partition coefficient (Wildman–Crippen LogP) is 8.96. The minimum atomic E-state index is -1.47. The van der Waals surface area contributed by atoms with E-state index in [4.69, 9.17) is 16.0 Å². The smallest absolute Gasteiger partial charge is 0.419 e. The van der Waals surface area contributed by atoms with Gasteiger partial charge in [0.25, 0.3) is 0 Å². The average molecular weight is 862 g/mol. The number of carbonyl (C=O) groups excluding carboxylic acids is 1. The van der Waals surface area contributed by atoms with Crippen molar-refractivity contribution in [1.82, 2.24) is 19.5 Å². The molecule has 0 bridgehead atoms. The molecule has 0 spiro atoms. The van der Waals surface area contributed by atoms with Gasteiger partial charge in [-0.25, -0.2) is 46.7 Å². The fourth-order valence-corrected chi connectivity index (χ4v) is 5.84. The van der Waals surface area contributed by atoms with Crippen molar-refractivity contribution >= 4 is 57.3 Å². The first kappa shape index (κ1) is 40.0. The maximum absolute atomic E-state index is 14.2. The summed E-state index contributed by atoms with van der Waals surface area (Å²) < 4.78 is 72.8. The monoisotopic (exact) mass is 861 g/mol. The molecule has 0 atom stereocenters. The predicted molar refractivity (Wildman–Crippen MR) is 196 cm³/mol. The van der Waals surface area contributed by atoms with Crippen molar-refractivity contribution < 1.29 is 43.1 Å². The molecular weight excluding hydrogens is 823 g/mol. The highest BCUT2D eigenvalue weighted by Gasteiger charge is 2.18. The molecule has 1 aliphatic rings. The average Bonchev–Trinajstić information content (AvgIpc) is 3.96. The standard InChI is InChI=1S/C17H15F2N3O2S.C13H11F2NO2S.C4H8O.CH3I/c1-11-21-14(9-25-11)5-4-12-2-3-13(16(19)15(12)18)8-24-17(23)22-7-6-20-10-22;1-7-16-9(6-19-7)4-2-8-3-5-10(13(17)18)12(15)11(8)14;1-2-4-5-3-1;1-2/h2-3,6-7,9-10H,4-5,8H2,1H3;3,5-6H,2,4H2,1H3,(H,17,18);1-4H2;1H3/i;;;1D. The van der Waals surface area contributed by atoms with Gasteiger partial charge in [-0.15, -0.1) is 22.7 Å². The largest absolute Gasteiger partial charge is 0.478 e. The maximum Gasteiger partial charge on any atom is 0.419 e. The number of rotatable bonds is 9. The zero-order valence-electron chi connectivity index (χ0n) is 28.8. The fraction of sp³-hybridized carbons (Fsp3) is 0.343. The van der Waals surface area contributed by atoms with Crippen molar-refractivity contribution in [2.45, 2.75) is 59.0 Å². The molecule has 16 heteroatoms. The number of thiazole rings is 2. The number of alkyl halides is 1.